The highest BCUT2D eigenvalue weighted by Gasteiger charge is 2.07. The highest BCUT2D eigenvalue weighted by atomic mass is 16.5. The van der Waals surface area contributed by atoms with Crippen molar-refractivity contribution in [2.24, 2.45) is 0 Å². The second kappa shape index (κ2) is 6.94. The maximum absolute atomic E-state index is 5.26. The van der Waals surface area contributed by atoms with Crippen molar-refractivity contribution in [1.82, 2.24) is 10.1 Å². The fraction of sp³-hybridized carbons (Fsp3) is 0.467. The minimum Gasteiger partial charge on any atom is -0.339 e. The van der Waals surface area contributed by atoms with E-state index in [9.17, 15) is 0 Å². The molecule has 3 heteroatoms. The molecular formula is C15H20N2O. The number of hydrogen-bond acceptors (Lipinski definition) is 3. The van der Waals surface area contributed by atoms with Crippen LogP contribution in [0.25, 0.3) is 11.4 Å². The quantitative estimate of drug-likeness (QED) is 0.683. The summed E-state index contributed by atoms with van der Waals surface area (Å²) in [5, 5.41) is 4.02. The number of benzene rings is 1. The Morgan fingerprint density at radius 3 is 2.56 bits per heavy atom. The lowest BCUT2D eigenvalue weighted by Gasteiger charge is -1.96. The van der Waals surface area contributed by atoms with E-state index in [1.807, 2.05) is 30.3 Å². The molecule has 0 saturated heterocycles. The Bertz CT molecular complexity index is 451. The van der Waals surface area contributed by atoms with Crippen LogP contribution in [0.15, 0.2) is 34.9 Å². The normalized spacial score (nSPS) is 10.7. The number of aryl methyl sites for hydroxylation is 1. The molecule has 0 spiro atoms. The van der Waals surface area contributed by atoms with Gasteiger partial charge in [-0.1, -0.05) is 68.1 Å². The number of hydrogen-bond donors (Lipinski definition) is 0. The molecule has 2 rings (SSSR count). The maximum Gasteiger partial charge on any atom is 0.226 e. The molecule has 0 bridgehead atoms. The van der Waals surface area contributed by atoms with Crippen LogP contribution in [0.2, 0.25) is 0 Å². The molecule has 0 aliphatic heterocycles. The van der Waals surface area contributed by atoms with Crippen LogP contribution < -0.4 is 0 Å². The van der Waals surface area contributed by atoms with Crippen molar-refractivity contribution >= 4 is 0 Å². The second-order valence-corrected chi connectivity index (χ2v) is 4.54. The van der Waals surface area contributed by atoms with Crippen molar-refractivity contribution in [3.8, 4) is 11.4 Å². The molecule has 0 amide bonds. The van der Waals surface area contributed by atoms with Gasteiger partial charge in [-0.2, -0.15) is 4.98 Å². The van der Waals surface area contributed by atoms with Crippen LogP contribution in [0.3, 0.4) is 0 Å². The number of rotatable bonds is 7. The lowest BCUT2D eigenvalue weighted by molar-refractivity contribution is 0.374. The standard InChI is InChI=1S/C15H20N2O/c1-2-3-4-5-9-12-14-16-15(17-18-14)13-10-7-6-8-11-13/h6-8,10-11H,2-5,9,12H2,1H3. The summed E-state index contributed by atoms with van der Waals surface area (Å²) in [6.07, 6.45) is 7.17. The van der Waals surface area contributed by atoms with E-state index in [4.69, 9.17) is 4.52 Å². The first kappa shape index (κ1) is 12.8. The van der Waals surface area contributed by atoms with E-state index in [-0.39, 0.29) is 0 Å². The molecule has 2 aromatic rings. The molecule has 0 unspecified atom stereocenters. The van der Waals surface area contributed by atoms with Crippen LogP contribution in [-0.4, -0.2) is 10.1 Å². The molecule has 1 aromatic heterocycles. The Kier molecular flexibility index (Phi) is 4.94. The lowest BCUT2D eigenvalue weighted by atomic mass is 10.1. The van der Waals surface area contributed by atoms with E-state index < -0.39 is 0 Å². The summed E-state index contributed by atoms with van der Waals surface area (Å²) >= 11 is 0. The Morgan fingerprint density at radius 2 is 1.78 bits per heavy atom. The van der Waals surface area contributed by atoms with Gasteiger partial charge in [-0.3, -0.25) is 0 Å². The SMILES string of the molecule is CCCCCCCc1nc(-c2ccccc2)no1. The van der Waals surface area contributed by atoms with Crippen LogP contribution in [0.1, 0.15) is 44.9 Å². The van der Waals surface area contributed by atoms with E-state index in [1.165, 1.54) is 25.7 Å². The average Bonchev–Trinajstić information content (AvgIpc) is 2.88. The van der Waals surface area contributed by atoms with Gasteiger partial charge in [0.25, 0.3) is 0 Å². The molecular weight excluding hydrogens is 224 g/mol. The van der Waals surface area contributed by atoms with Crippen LogP contribution >= 0.6 is 0 Å². The predicted molar refractivity (Wildman–Crippen MR) is 72.2 cm³/mol. The zero-order valence-electron chi connectivity index (χ0n) is 10.9. The topological polar surface area (TPSA) is 38.9 Å². The van der Waals surface area contributed by atoms with Gasteiger partial charge < -0.3 is 4.52 Å². The Morgan fingerprint density at radius 1 is 1.00 bits per heavy atom. The summed E-state index contributed by atoms with van der Waals surface area (Å²) in [5.41, 5.74) is 1.01. The molecule has 0 fully saturated rings. The van der Waals surface area contributed by atoms with Gasteiger partial charge in [-0.15, -0.1) is 0 Å². The molecule has 0 aliphatic carbocycles. The summed E-state index contributed by atoms with van der Waals surface area (Å²) < 4.78 is 5.26. The van der Waals surface area contributed by atoms with E-state index in [1.54, 1.807) is 0 Å². The minimum absolute atomic E-state index is 0.694. The second-order valence-electron chi connectivity index (χ2n) is 4.54. The zero-order chi connectivity index (χ0) is 12.6. The molecule has 96 valence electrons. The highest BCUT2D eigenvalue weighted by molar-refractivity contribution is 5.53. The summed E-state index contributed by atoms with van der Waals surface area (Å²) in [6.45, 7) is 2.23. The monoisotopic (exact) mass is 244 g/mol. The van der Waals surface area contributed by atoms with Gasteiger partial charge in [0.2, 0.25) is 11.7 Å². The van der Waals surface area contributed by atoms with Gasteiger partial charge in [0.15, 0.2) is 0 Å². The molecule has 3 nitrogen and oxygen atoms in total. The van der Waals surface area contributed by atoms with Gasteiger partial charge in [0.05, 0.1) is 0 Å². The molecule has 18 heavy (non-hydrogen) atoms. The van der Waals surface area contributed by atoms with E-state index in [2.05, 4.69) is 17.1 Å². The first-order chi connectivity index (χ1) is 8.90. The smallest absolute Gasteiger partial charge is 0.226 e. The Labute approximate surface area is 108 Å². The molecule has 1 aromatic carbocycles. The molecule has 0 N–H and O–H groups in total. The number of nitrogens with zero attached hydrogens (tertiary/aromatic N) is 2. The summed E-state index contributed by atoms with van der Waals surface area (Å²) in [4.78, 5) is 4.42. The Hall–Kier alpha value is -1.64. The number of aromatic nitrogens is 2. The van der Waals surface area contributed by atoms with Crippen LogP contribution in [0.4, 0.5) is 0 Å². The van der Waals surface area contributed by atoms with Crippen LogP contribution in [-0.2, 0) is 6.42 Å². The van der Waals surface area contributed by atoms with Gasteiger partial charge in [-0.05, 0) is 6.42 Å². The Balaban J connectivity index is 1.83. The third kappa shape index (κ3) is 3.69. The molecule has 0 saturated carbocycles. The van der Waals surface area contributed by atoms with Crippen molar-refractivity contribution in [2.75, 3.05) is 0 Å². The summed E-state index contributed by atoms with van der Waals surface area (Å²) in [6, 6.07) is 9.94. The van der Waals surface area contributed by atoms with Gasteiger partial charge in [-0.25, -0.2) is 0 Å². The lowest BCUT2D eigenvalue weighted by Crippen LogP contribution is -1.86. The van der Waals surface area contributed by atoms with Crippen molar-refractivity contribution in [1.29, 1.82) is 0 Å². The van der Waals surface area contributed by atoms with Crippen molar-refractivity contribution in [3.05, 3.63) is 36.2 Å². The predicted octanol–water partition coefficient (Wildman–Crippen LogP) is 4.25. The first-order valence-corrected chi connectivity index (χ1v) is 6.78. The van der Waals surface area contributed by atoms with Gasteiger partial charge in [0, 0.05) is 12.0 Å². The van der Waals surface area contributed by atoms with Crippen LogP contribution in [0.5, 0.6) is 0 Å². The van der Waals surface area contributed by atoms with Crippen molar-refractivity contribution in [3.63, 3.8) is 0 Å². The zero-order valence-corrected chi connectivity index (χ0v) is 10.9. The number of unbranched alkanes of at least 4 members (excludes halogenated alkanes) is 4. The average molecular weight is 244 g/mol. The van der Waals surface area contributed by atoms with Crippen molar-refractivity contribution < 1.29 is 4.52 Å². The van der Waals surface area contributed by atoms with Crippen molar-refractivity contribution in [2.45, 2.75) is 45.4 Å². The first-order valence-electron chi connectivity index (χ1n) is 6.78. The molecule has 0 aliphatic rings. The maximum atomic E-state index is 5.26. The molecule has 1 heterocycles. The third-order valence-electron chi connectivity index (χ3n) is 2.99. The minimum atomic E-state index is 0.694. The third-order valence-corrected chi connectivity index (χ3v) is 2.99. The largest absolute Gasteiger partial charge is 0.339 e. The highest BCUT2D eigenvalue weighted by Crippen LogP contribution is 2.16. The fourth-order valence-electron chi connectivity index (χ4n) is 1.94. The summed E-state index contributed by atoms with van der Waals surface area (Å²) in [7, 11) is 0. The van der Waals surface area contributed by atoms with Crippen LogP contribution in [0, 0.1) is 0 Å². The fourth-order valence-corrected chi connectivity index (χ4v) is 1.94. The molecule has 0 radical (unpaired) electrons. The van der Waals surface area contributed by atoms with E-state index in [0.29, 0.717) is 5.82 Å². The summed E-state index contributed by atoms with van der Waals surface area (Å²) in [5.74, 6) is 1.45. The van der Waals surface area contributed by atoms with Gasteiger partial charge in [0.1, 0.15) is 0 Å². The molecule has 0 atom stereocenters. The van der Waals surface area contributed by atoms with E-state index in [0.717, 1.165) is 24.3 Å². The van der Waals surface area contributed by atoms with E-state index >= 15 is 0 Å². The van der Waals surface area contributed by atoms with Gasteiger partial charge >= 0.3 is 0 Å².